The number of carbonyl (C=O) groups is 2. The number of Topliss-reactive ketones (excluding diaryl/α,β-unsaturated/α-hetero) is 1. The molecule has 0 spiro atoms. The van der Waals surface area contributed by atoms with Gasteiger partial charge in [0.15, 0.2) is 11.6 Å². The first-order valence-electron chi connectivity index (χ1n) is 10.5. The highest BCUT2D eigenvalue weighted by molar-refractivity contribution is 5.96. The van der Waals surface area contributed by atoms with Crippen LogP contribution in [0.5, 0.6) is 0 Å². The van der Waals surface area contributed by atoms with Crippen molar-refractivity contribution in [3.05, 3.63) is 65.5 Å². The van der Waals surface area contributed by atoms with Crippen LogP contribution in [0.2, 0.25) is 0 Å². The Balaban J connectivity index is 1.34. The molecule has 160 valence electrons. The average Bonchev–Trinajstić information content (AvgIpc) is 3.23. The summed E-state index contributed by atoms with van der Waals surface area (Å²) in [6.45, 7) is 5.65. The van der Waals surface area contributed by atoms with Crippen LogP contribution in [0, 0.1) is 12.8 Å². The van der Waals surface area contributed by atoms with E-state index in [1.807, 2.05) is 31.2 Å². The monoisotopic (exact) mass is 418 g/mol. The minimum atomic E-state index is -0.107. The Morgan fingerprint density at radius 2 is 1.87 bits per heavy atom. The average molecular weight is 418 g/mol. The number of anilines is 1. The van der Waals surface area contributed by atoms with E-state index in [0.717, 1.165) is 24.9 Å². The van der Waals surface area contributed by atoms with Crippen molar-refractivity contribution in [1.82, 2.24) is 15.0 Å². The van der Waals surface area contributed by atoms with Gasteiger partial charge in [0, 0.05) is 23.4 Å². The van der Waals surface area contributed by atoms with Crippen molar-refractivity contribution in [2.75, 3.05) is 18.4 Å². The second-order valence-corrected chi connectivity index (χ2v) is 8.08. The predicted molar refractivity (Wildman–Crippen MR) is 118 cm³/mol. The number of rotatable bonds is 6. The number of benzene rings is 2. The maximum atomic E-state index is 12.7. The highest BCUT2D eigenvalue weighted by Gasteiger charge is 2.27. The van der Waals surface area contributed by atoms with Crippen molar-refractivity contribution in [2.45, 2.75) is 33.2 Å². The molecule has 1 aromatic heterocycles. The molecule has 0 radical (unpaired) electrons. The molecule has 0 saturated carbocycles. The van der Waals surface area contributed by atoms with Crippen molar-refractivity contribution in [3.8, 4) is 11.5 Å². The van der Waals surface area contributed by atoms with Crippen LogP contribution in [0.4, 0.5) is 5.69 Å². The molecule has 2 heterocycles. The van der Waals surface area contributed by atoms with Crippen LogP contribution in [0.1, 0.15) is 41.5 Å². The lowest BCUT2D eigenvalue weighted by atomic mass is 9.97. The molecule has 3 aromatic rings. The van der Waals surface area contributed by atoms with Gasteiger partial charge in [0.25, 0.3) is 5.89 Å². The zero-order chi connectivity index (χ0) is 21.8. The van der Waals surface area contributed by atoms with Gasteiger partial charge < -0.3 is 9.84 Å². The first-order chi connectivity index (χ1) is 15.0. The van der Waals surface area contributed by atoms with E-state index in [1.165, 1.54) is 12.5 Å². The van der Waals surface area contributed by atoms with Crippen LogP contribution in [-0.2, 0) is 11.3 Å². The number of hydrogen-bond donors (Lipinski definition) is 1. The van der Waals surface area contributed by atoms with Gasteiger partial charge in [-0.3, -0.25) is 14.5 Å². The van der Waals surface area contributed by atoms with E-state index in [-0.39, 0.29) is 17.6 Å². The molecule has 1 aliphatic rings. The van der Waals surface area contributed by atoms with E-state index in [2.05, 4.69) is 20.4 Å². The smallest absolute Gasteiger partial charge is 0.257 e. The number of hydrogen-bond acceptors (Lipinski definition) is 6. The lowest BCUT2D eigenvalue weighted by molar-refractivity contribution is -0.121. The van der Waals surface area contributed by atoms with E-state index in [1.54, 1.807) is 24.3 Å². The first kappa shape index (κ1) is 20.9. The number of aryl methyl sites for hydroxylation is 1. The fourth-order valence-electron chi connectivity index (χ4n) is 3.78. The second kappa shape index (κ2) is 9.22. The summed E-state index contributed by atoms with van der Waals surface area (Å²) in [7, 11) is 0. The number of piperidine rings is 1. The quantitative estimate of drug-likeness (QED) is 0.607. The highest BCUT2D eigenvalue weighted by atomic mass is 16.5. The van der Waals surface area contributed by atoms with Crippen molar-refractivity contribution >= 4 is 17.4 Å². The zero-order valence-corrected chi connectivity index (χ0v) is 17.8. The van der Waals surface area contributed by atoms with Crippen molar-refractivity contribution in [2.24, 2.45) is 5.92 Å². The topological polar surface area (TPSA) is 88.3 Å². The van der Waals surface area contributed by atoms with Crippen LogP contribution in [-0.4, -0.2) is 39.8 Å². The second-order valence-electron chi connectivity index (χ2n) is 8.08. The van der Waals surface area contributed by atoms with Gasteiger partial charge >= 0.3 is 0 Å². The Labute approximate surface area is 181 Å². The van der Waals surface area contributed by atoms with Crippen LogP contribution < -0.4 is 5.32 Å². The summed E-state index contributed by atoms with van der Waals surface area (Å²) < 4.78 is 5.42. The molecule has 1 atom stereocenters. The summed E-state index contributed by atoms with van der Waals surface area (Å²) >= 11 is 0. The summed E-state index contributed by atoms with van der Waals surface area (Å²) in [6.07, 6.45) is 1.78. The molecular formula is C24H26N4O3. The Morgan fingerprint density at radius 1 is 1.13 bits per heavy atom. The number of likely N-dealkylation sites (tertiary alicyclic amines) is 1. The summed E-state index contributed by atoms with van der Waals surface area (Å²) in [4.78, 5) is 30.9. The van der Waals surface area contributed by atoms with Gasteiger partial charge in [0.05, 0.1) is 12.5 Å². The largest absolute Gasteiger partial charge is 0.334 e. The normalized spacial score (nSPS) is 16.8. The Bertz CT molecular complexity index is 1060. The number of amides is 1. The van der Waals surface area contributed by atoms with Gasteiger partial charge in [0.1, 0.15) is 0 Å². The first-order valence-corrected chi connectivity index (χ1v) is 10.5. The summed E-state index contributed by atoms with van der Waals surface area (Å²) in [6, 6.07) is 15.0. The molecular weight excluding hydrogens is 392 g/mol. The van der Waals surface area contributed by atoms with Gasteiger partial charge in [-0.05, 0) is 69.6 Å². The lowest BCUT2D eigenvalue weighted by Crippen LogP contribution is -2.40. The molecule has 1 unspecified atom stereocenters. The predicted octanol–water partition coefficient (Wildman–Crippen LogP) is 4.10. The third-order valence-electron chi connectivity index (χ3n) is 5.57. The molecule has 1 aliphatic heterocycles. The fourth-order valence-corrected chi connectivity index (χ4v) is 3.78. The molecule has 0 aliphatic carbocycles. The molecule has 2 aromatic carbocycles. The molecule has 7 heteroatoms. The molecule has 0 bridgehead atoms. The standard InChI is InChI=1S/C24H26N4O3/c1-16-5-7-19(8-6-16)24-26-22(27-31-24)15-28-13-3-4-20(14-28)23(30)25-21-11-9-18(10-12-21)17(2)29/h5-12,20H,3-4,13-15H2,1-2H3,(H,25,30). The summed E-state index contributed by atoms with van der Waals surface area (Å²) in [5.74, 6) is 1.03. The van der Waals surface area contributed by atoms with E-state index < -0.39 is 0 Å². The number of aromatic nitrogens is 2. The van der Waals surface area contributed by atoms with Gasteiger partial charge in [0.2, 0.25) is 5.91 Å². The number of ketones is 1. The van der Waals surface area contributed by atoms with Crippen LogP contribution in [0.15, 0.2) is 53.1 Å². The van der Waals surface area contributed by atoms with Gasteiger partial charge in [-0.25, -0.2) is 0 Å². The minimum absolute atomic E-state index is 0.00580. The van der Waals surface area contributed by atoms with Crippen LogP contribution in [0.3, 0.4) is 0 Å². The lowest BCUT2D eigenvalue weighted by Gasteiger charge is -2.31. The zero-order valence-electron chi connectivity index (χ0n) is 17.8. The van der Waals surface area contributed by atoms with Gasteiger partial charge in [-0.1, -0.05) is 22.9 Å². The molecule has 1 fully saturated rings. The minimum Gasteiger partial charge on any atom is -0.334 e. The van der Waals surface area contributed by atoms with E-state index in [4.69, 9.17) is 4.52 Å². The molecule has 31 heavy (non-hydrogen) atoms. The fraction of sp³-hybridized carbons (Fsp3) is 0.333. The summed E-state index contributed by atoms with van der Waals surface area (Å²) in [5, 5.41) is 7.08. The number of nitrogens with one attached hydrogen (secondary N) is 1. The third-order valence-corrected chi connectivity index (χ3v) is 5.57. The maximum absolute atomic E-state index is 12.7. The number of carbonyl (C=O) groups excluding carboxylic acids is 2. The van der Waals surface area contributed by atoms with E-state index >= 15 is 0 Å². The van der Waals surface area contributed by atoms with Crippen LogP contribution >= 0.6 is 0 Å². The van der Waals surface area contributed by atoms with Crippen molar-refractivity contribution in [3.63, 3.8) is 0 Å². The summed E-state index contributed by atoms with van der Waals surface area (Å²) in [5.41, 5.74) is 3.41. The van der Waals surface area contributed by atoms with Crippen LogP contribution in [0.25, 0.3) is 11.5 Å². The van der Waals surface area contributed by atoms with Gasteiger partial charge in [-0.2, -0.15) is 4.98 Å². The molecule has 1 N–H and O–H groups in total. The highest BCUT2D eigenvalue weighted by Crippen LogP contribution is 2.22. The molecule has 1 saturated heterocycles. The number of nitrogens with zero attached hydrogens (tertiary/aromatic N) is 3. The maximum Gasteiger partial charge on any atom is 0.257 e. The Kier molecular flexibility index (Phi) is 6.23. The molecule has 4 rings (SSSR count). The Hall–Kier alpha value is -3.32. The van der Waals surface area contributed by atoms with Gasteiger partial charge in [-0.15, -0.1) is 0 Å². The SMILES string of the molecule is CC(=O)c1ccc(NC(=O)C2CCCN(Cc3noc(-c4ccc(C)cc4)n3)C2)cc1. The molecule has 1 amide bonds. The van der Waals surface area contributed by atoms with E-state index in [0.29, 0.717) is 36.1 Å². The third kappa shape index (κ3) is 5.24. The van der Waals surface area contributed by atoms with Crippen molar-refractivity contribution in [1.29, 1.82) is 0 Å². The Morgan fingerprint density at radius 3 is 2.58 bits per heavy atom. The van der Waals surface area contributed by atoms with E-state index in [9.17, 15) is 9.59 Å². The molecule has 7 nitrogen and oxygen atoms in total. The van der Waals surface area contributed by atoms with Crippen molar-refractivity contribution < 1.29 is 14.1 Å².